The zero-order valence-electron chi connectivity index (χ0n) is 11.0. The zero-order chi connectivity index (χ0) is 13.3. The van der Waals surface area contributed by atoms with Gasteiger partial charge in [0.2, 0.25) is 0 Å². The van der Waals surface area contributed by atoms with Crippen LogP contribution in [-0.4, -0.2) is 50.1 Å². The monoisotopic (exact) mass is 272 g/mol. The molecule has 1 rings (SSSR count). The molecule has 5 nitrogen and oxygen atoms in total. The molecule has 0 unspecified atom stereocenters. The Morgan fingerprint density at radius 3 is 2.17 bits per heavy atom. The van der Waals surface area contributed by atoms with Crippen molar-refractivity contribution in [2.75, 3.05) is 41.3 Å². The van der Waals surface area contributed by atoms with E-state index >= 15 is 0 Å². The summed E-state index contributed by atoms with van der Waals surface area (Å²) >= 11 is 0. The minimum atomic E-state index is -2.85. The molecule has 0 saturated carbocycles. The maximum absolute atomic E-state index is 5.68. The lowest BCUT2D eigenvalue weighted by Gasteiger charge is -2.26. The Morgan fingerprint density at radius 1 is 0.944 bits per heavy atom. The quantitative estimate of drug-likeness (QED) is 0.377. The Hall–Kier alpha value is -0.763. The van der Waals surface area contributed by atoms with Gasteiger partial charge in [-0.15, -0.1) is 0 Å². The van der Waals surface area contributed by atoms with Crippen molar-refractivity contribution in [2.45, 2.75) is 0 Å². The molecule has 1 aromatic carbocycles. The molecule has 6 heteroatoms. The minimum Gasteiger partial charge on any atom is -0.382 e. The van der Waals surface area contributed by atoms with Crippen LogP contribution >= 0.6 is 0 Å². The zero-order valence-corrected chi connectivity index (χ0v) is 12.0. The molecule has 0 saturated heterocycles. The van der Waals surface area contributed by atoms with Crippen LogP contribution < -0.4 is 5.19 Å². The second-order valence-electron chi connectivity index (χ2n) is 3.49. The normalized spacial score (nSPS) is 11.7. The van der Waals surface area contributed by atoms with Crippen LogP contribution in [0, 0.1) is 0 Å². The van der Waals surface area contributed by atoms with E-state index in [1.807, 2.05) is 30.3 Å². The Morgan fingerprint density at radius 2 is 1.61 bits per heavy atom. The molecule has 18 heavy (non-hydrogen) atoms. The van der Waals surface area contributed by atoms with Gasteiger partial charge in [-0.1, -0.05) is 30.3 Å². The van der Waals surface area contributed by atoms with Crippen molar-refractivity contribution in [3.63, 3.8) is 0 Å². The summed E-state index contributed by atoms with van der Waals surface area (Å²) in [5, 5.41) is 0.908. The van der Waals surface area contributed by atoms with E-state index in [0.717, 1.165) is 5.19 Å². The highest BCUT2D eigenvalue weighted by atomic mass is 28.4. The van der Waals surface area contributed by atoms with Crippen molar-refractivity contribution >= 4 is 14.0 Å². The van der Waals surface area contributed by atoms with Crippen molar-refractivity contribution in [1.29, 1.82) is 0 Å². The topological polar surface area (TPSA) is 46.2 Å². The minimum absolute atomic E-state index is 0.117. The Kier molecular flexibility index (Phi) is 7.10. The summed E-state index contributed by atoms with van der Waals surface area (Å²) in [7, 11) is 1.94. The fourth-order valence-corrected chi connectivity index (χ4v) is 3.36. The van der Waals surface area contributed by atoms with Gasteiger partial charge in [0.1, 0.15) is 6.79 Å². The SMILES string of the molecule is COCCOCO[Si](OC)(OC)c1ccccc1. The van der Waals surface area contributed by atoms with Crippen molar-refractivity contribution < 1.29 is 22.8 Å². The highest BCUT2D eigenvalue weighted by Gasteiger charge is 2.41. The van der Waals surface area contributed by atoms with E-state index in [9.17, 15) is 0 Å². The summed E-state index contributed by atoms with van der Waals surface area (Å²) in [6.45, 7) is 1.12. The second kappa shape index (κ2) is 8.36. The summed E-state index contributed by atoms with van der Waals surface area (Å²) in [5.74, 6) is 0. The lowest BCUT2D eigenvalue weighted by molar-refractivity contribution is -0.0412. The molecule has 0 fully saturated rings. The van der Waals surface area contributed by atoms with Crippen LogP contribution in [0.2, 0.25) is 0 Å². The molecule has 0 bridgehead atoms. The molecule has 0 atom stereocenters. The third-order valence-electron chi connectivity index (χ3n) is 2.43. The largest absolute Gasteiger partial charge is 0.538 e. The van der Waals surface area contributed by atoms with Crippen LogP contribution in [0.25, 0.3) is 0 Å². The number of hydrogen-bond donors (Lipinski definition) is 0. The van der Waals surface area contributed by atoms with E-state index in [1.165, 1.54) is 0 Å². The number of rotatable bonds is 9. The van der Waals surface area contributed by atoms with Crippen LogP contribution in [0.15, 0.2) is 30.3 Å². The average molecular weight is 272 g/mol. The maximum atomic E-state index is 5.68. The molecule has 0 aliphatic heterocycles. The van der Waals surface area contributed by atoms with Crippen molar-refractivity contribution in [3.8, 4) is 0 Å². The second-order valence-corrected chi connectivity index (χ2v) is 6.29. The van der Waals surface area contributed by atoms with E-state index in [-0.39, 0.29) is 6.79 Å². The summed E-state index contributed by atoms with van der Waals surface area (Å²) in [6, 6.07) is 9.63. The fraction of sp³-hybridized carbons (Fsp3) is 0.500. The van der Waals surface area contributed by atoms with E-state index in [1.54, 1.807) is 21.3 Å². The predicted octanol–water partition coefficient (Wildman–Crippen LogP) is 0.762. The van der Waals surface area contributed by atoms with Crippen LogP contribution in [0.1, 0.15) is 0 Å². The Balaban J connectivity index is 2.58. The van der Waals surface area contributed by atoms with Gasteiger partial charge in [0.15, 0.2) is 0 Å². The lowest BCUT2D eigenvalue weighted by atomic mass is 10.4. The van der Waals surface area contributed by atoms with Gasteiger partial charge in [-0.3, -0.25) is 0 Å². The third kappa shape index (κ3) is 4.16. The number of methoxy groups -OCH3 is 1. The summed E-state index contributed by atoms with van der Waals surface area (Å²) in [6.07, 6.45) is 0. The van der Waals surface area contributed by atoms with Crippen LogP contribution in [-0.2, 0) is 22.8 Å². The highest BCUT2D eigenvalue weighted by Crippen LogP contribution is 2.08. The Labute approximate surface area is 109 Å². The van der Waals surface area contributed by atoms with Gasteiger partial charge in [0, 0.05) is 26.5 Å². The number of benzene rings is 1. The summed E-state index contributed by atoms with van der Waals surface area (Å²) in [5.41, 5.74) is 0. The van der Waals surface area contributed by atoms with Gasteiger partial charge in [-0.2, -0.15) is 0 Å². The third-order valence-corrected chi connectivity index (χ3v) is 5.04. The first-order valence-corrected chi connectivity index (χ1v) is 7.38. The molecule has 0 radical (unpaired) electrons. The maximum Gasteiger partial charge on any atom is 0.538 e. The van der Waals surface area contributed by atoms with E-state index in [4.69, 9.17) is 22.8 Å². The van der Waals surface area contributed by atoms with Gasteiger partial charge < -0.3 is 22.8 Å². The average Bonchev–Trinajstić information content (AvgIpc) is 2.44. The first-order valence-electron chi connectivity index (χ1n) is 5.65. The van der Waals surface area contributed by atoms with Gasteiger partial charge >= 0.3 is 8.80 Å². The molecule has 1 aromatic rings. The van der Waals surface area contributed by atoms with E-state index < -0.39 is 8.80 Å². The summed E-state index contributed by atoms with van der Waals surface area (Å²) in [4.78, 5) is 0. The fourth-order valence-electron chi connectivity index (χ4n) is 1.48. The molecule has 0 aliphatic carbocycles. The molecule has 0 heterocycles. The van der Waals surface area contributed by atoms with Crippen molar-refractivity contribution in [3.05, 3.63) is 30.3 Å². The van der Waals surface area contributed by atoms with E-state index in [2.05, 4.69) is 0 Å². The van der Waals surface area contributed by atoms with Crippen LogP contribution in [0.5, 0.6) is 0 Å². The van der Waals surface area contributed by atoms with Gasteiger partial charge in [-0.05, 0) is 0 Å². The van der Waals surface area contributed by atoms with E-state index in [0.29, 0.717) is 13.2 Å². The van der Waals surface area contributed by atoms with Crippen LogP contribution in [0.4, 0.5) is 0 Å². The summed E-state index contributed by atoms with van der Waals surface area (Å²) < 4.78 is 26.8. The predicted molar refractivity (Wildman–Crippen MR) is 69.6 cm³/mol. The van der Waals surface area contributed by atoms with Gasteiger partial charge in [0.25, 0.3) is 0 Å². The molecular formula is C12H20O5Si. The highest BCUT2D eigenvalue weighted by molar-refractivity contribution is 6.75. The van der Waals surface area contributed by atoms with Gasteiger partial charge in [0.05, 0.1) is 13.2 Å². The number of hydrogen-bond acceptors (Lipinski definition) is 5. The standard InChI is InChI=1S/C12H20O5Si/c1-13-9-10-16-11-17-18(14-2,15-3)12-7-5-4-6-8-12/h4-8H,9-11H2,1-3H3. The first-order chi connectivity index (χ1) is 8.79. The first kappa shape index (κ1) is 15.3. The molecule has 0 aliphatic rings. The van der Waals surface area contributed by atoms with Crippen molar-refractivity contribution in [1.82, 2.24) is 0 Å². The Bertz CT molecular complexity index is 316. The molecule has 102 valence electrons. The molecule has 0 amide bonds. The molecule has 0 spiro atoms. The molecule has 0 N–H and O–H groups in total. The smallest absolute Gasteiger partial charge is 0.382 e. The van der Waals surface area contributed by atoms with Crippen molar-refractivity contribution in [2.24, 2.45) is 0 Å². The molecule has 0 aromatic heterocycles. The lowest BCUT2D eigenvalue weighted by Crippen LogP contribution is -2.55. The molecular weight excluding hydrogens is 252 g/mol. The van der Waals surface area contributed by atoms with Crippen LogP contribution in [0.3, 0.4) is 0 Å². The number of ether oxygens (including phenoxy) is 2. The van der Waals surface area contributed by atoms with Gasteiger partial charge in [-0.25, -0.2) is 0 Å².